The lowest BCUT2D eigenvalue weighted by molar-refractivity contribution is -0.116. The van der Waals surface area contributed by atoms with Crippen LogP contribution in [0, 0.1) is 5.82 Å². The van der Waals surface area contributed by atoms with E-state index in [1.54, 1.807) is 18.2 Å². The van der Waals surface area contributed by atoms with Crippen LogP contribution in [0.2, 0.25) is 0 Å². The molecule has 0 aromatic heterocycles. The van der Waals surface area contributed by atoms with Gasteiger partial charge in [0.2, 0.25) is 5.91 Å². The van der Waals surface area contributed by atoms with Crippen LogP contribution in [0.1, 0.15) is 25.7 Å². The van der Waals surface area contributed by atoms with Gasteiger partial charge >= 0.3 is 0 Å². The molecule has 0 aliphatic carbocycles. The fraction of sp³-hybridized carbons (Fsp3) is 0.350. The van der Waals surface area contributed by atoms with Crippen LogP contribution in [-0.4, -0.2) is 25.6 Å². The lowest BCUT2D eigenvalue weighted by Crippen LogP contribution is -2.30. The highest BCUT2D eigenvalue weighted by atomic mass is 19.1. The molecule has 0 bridgehead atoms. The number of benzene rings is 2. The van der Waals surface area contributed by atoms with Crippen molar-refractivity contribution >= 4 is 17.3 Å². The maximum Gasteiger partial charge on any atom is 0.227 e. The van der Waals surface area contributed by atoms with Gasteiger partial charge in [-0.15, -0.1) is 0 Å². The number of piperidine rings is 1. The molecular weight excluding hydrogens is 319 g/mol. The first-order valence-electron chi connectivity index (χ1n) is 8.75. The summed E-state index contributed by atoms with van der Waals surface area (Å²) >= 11 is 0. The molecule has 0 unspecified atom stereocenters. The minimum absolute atomic E-state index is 0.138. The number of hydrogen-bond acceptors (Lipinski definition) is 3. The van der Waals surface area contributed by atoms with Crippen LogP contribution in [0.5, 0.6) is 5.75 Å². The summed E-state index contributed by atoms with van der Waals surface area (Å²) in [5.74, 6) is -0.386. The second-order valence-electron chi connectivity index (χ2n) is 6.14. The van der Waals surface area contributed by atoms with Gasteiger partial charge in [-0.1, -0.05) is 24.3 Å². The third-order valence-corrected chi connectivity index (χ3v) is 4.30. The van der Waals surface area contributed by atoms with Crippen LogP contribution in [0.3, 0.4) is 0 Å². The van der Waals surface area contributed by atoms with E-state index in [4.69, 9.17) is 4.74 Å². The number of halogens is 1. The SMILES string of the molecule is O=C(CCOc1ccccc1F)Nc1ccccc1N1CCCCC1. The molecule has 0 atom stereocenters. The van der Waals surface area contributed by atoms with E-state index < -0.39 is 5.82 Å². The van der Waals surface area contributed by atoms with E-state index in [1.807, 2.05) is 24.3 Å². The van der Waals surface area contributed by atoms with E-state index in [2.05, 4.69) is 10.2 Å². The maximum atomic E-state index is 13.5. The molecule has 2 aromatic carbocycles. The van der Waals surface area contributed by atoms with Gasteiger partial charge < -0.3 is 15.0 Å². The minimum Gasteiger partial charge on any atom is -0.490 e. The van der Waals surface area contributed by atoms with E-state index in [0.717, 1.165) is 24.5 Å². The molecular formula is C20H23FN2O2. The topological polar surface area (TPSA) is 41.6 Å². The summed E-state index contributed by atoms with van der Waals surface area (Å²) in [7, 11) is 0. The second-order valence-corrected chi connectivity index (χ2v) is 6.14. The maximum absolute atomic E-state index is 13.5. The van der Waals surface area contributed by atoms with Crippen molar-refractivity contribution in [3.8, 4) is 5.75 Å². The minimum atomic E-state index is -0.418. The number of amides is 1. The fourth-order valence-corrected chi connectivity index (χ4v) is 3.02. The van der Waals surface area contributed by atoms with Crippen molar-refractivity contribution in [3.63, 3.8) is 0 Å². The molecule has 25 heavy (non-hydrogen) atoms. The smallest absolute Gasteiger partial charge is 0.227 e. The Labute approximate surface area is 147 Å². The predicted octanol–water partition coefficient (Wildman–Crippen LogP) is 4.22. The van der Waals surface area contributed by atoms with E-state index in [1.165, 1.54) is 25.3 Å². The van der Waals surface area contributed by atoms with Crippen LogP contribution in [-0.2, 0) is 4.79 Å². The number of rotatable bonds is 6. The van der Waals surface area contributed by atoms with Gasteiger partial charge in [-0.25, -0.2) is 4.39 Å². The van der Waals surface area contributed by atoms with E-state index in [9.17, 15) is 9.18 Å². The molecule has 5 heteroatoms. The summed E-state index contributed by atoms with van der Waals surface area (Å²) < 4.78 is 18.8. The molecule has 3 rings (SSSR count). The molecule has 2 aromatic rings. The monoisotopic (exact) mass is 342 g/mol. The summed E-state index contributed by atoms with van der Waals surface area (Å²) in [6.45, 7) is 2.17. The highest BCUT2D eigenvalue weighted by Crippen LogP contribution is 2.28. The number of nitrogens with zero attached hydrogens (tertiary/aromatic N) is 1. The molecule has 1 saturated heterocycles. The van der Waals surface area contributed by atoms with Crippen molar-refractivity contribution in [2.24, 2.45) is 0 Å². The Morgan fingerprint density at radius 1 is 1.04 bits per heavy atom. The Hall–Kier alpha value is -2.56. The average Bonchev–Trinajstić information content (AvgIpc) is 2.64. The largest absolute Gasteiger partial charge is 0.490 e. The zero-order chi connectivity index (χ0) is 17.5. The van der Waals surface area contributed by atoms with Crippen molar-refractivity contribution in [1.29, 1.82) is 0 Å². The van der Waals surface area contributed by atoms with Crippen molar-refractivity contribution in [3.05, 3.63) is 54.3 Å². The molecule has 1 amide bonds. The lowest BCUT2D eigenvalue weighted by Gasteiger charge is -2.30. The highest BCUT2D eigenvalue weighted by molar-refractivity contribution is 5.94. The number of ether oxygens (including phenoxy) is 1. The number of hydrogen-bond donors (Lipinski definition) is 1. The molecule has 4 nitrogen and oxygen atoms in total. The van der Waals surface area contributed by atoms with Crippen molar-refractivity contribution in [2.45, 2.75) is 25.7 Å². The van der Waals surface area contributed by atoms with Gasteiger partial charge in [0.1, 0.15) is 0 Å². The molecule has 132 valence electrons. The molecule has 1 heterocycles. The average molecular weight is 342 g/mol. The quantitative estimate of drug-likeness (QED) is 0.854. The first-order chi connectivity index (χ1) is 12.2. The van der Waals surface area contributed by atoms with Gasteiger partial charge in [-0.3, -0.25) is 4.79 Å². The summed E-state index contributed by atoms with van der Waals surface area (Å²) in [5.41, 5.74) is 1.88. The van der Waals surface area contributed by atoms with E-state index >= 15 is 0 Å². The Kier molecular flexibility index (Phi) is 5.88. The van der Waals surface area contributed by atoms with Gasteiger partial charge in [0.15, 0.2) is 11.6 Å². The molecule has 0 spiro atoms. The summed E-state index contributed by atoms with van der Waals surface area (Å²) in [5, 5.41) is 2.95. The third kappa shape index (κ3) is 4.72. The normalized spacial score (nSPS) is 14.2. The zero-order valence-corrected chi connectivity index (χ0v) is 14.2. The second kappa shape index (κ2) is 8.51. The summed E-state index contributed by atoms with van der Waals surface area (Å²) in [6.07, 6.45) is 3.79. The van der Waals surface area contributed by atoms with Crippen molar-refractivity contribution in [1.82, 2.24) is 0 Å². The molecule has 0 saturated carbocycles. The number of nitrogens with one attached hydrogen (secondary N) is 1. The Morgan fingerprint density at radius 2 is 1.76 bits per heavy atom. The van der Waals surface area contributed by atoms with E-state index in [0.29, 0.717) is 0 Å². The molecule has 1 N–H and O–H groups in total. The fourth-order valence-electron chi connectivity index (χ4n) is 3.02. The lowest BCUT2D eigenvalue weighted by atomic mass is 10.1. The predicted molar refractivity (Wildman–Crippen MR) is 97.6 cm³/mol. The third-order valence-electron chi connectivity index (χ3n) is 4.30. The Bertz CT molecular complexity index is 714. The number of anilines is 2. The van der Waals surface area contributed by atoms with Gasteiger partial charge in [-0.2, -0.15) is 0 Å². The van der Waals surface area contributed by atoms with Crippen LogP contribution in [0.25, 0.3) is 0 Å². The van der Waals surface area contributed by atoms with Crippen molar-refractivity contribution in [2.75, 3.05) is 29.9 Å². The molecule has 1 aliphatic rings. The molecule has 0 radical (unpaired) electrons. The summed E-state index contributed by atoms with van der Waals surface area (Å²) in [6, 6.07) is 14.1. The van der Waals surface area contributed by atoms with Crippen LogP contribution in [0.15, 0.2) is 48.5 Å². The standard InChI is InChI=1S/C20H23FN2O2/c21-16-8-2-5-11-19(16)25-15-12-20(24)22-17-9-3-4-10-18(17)23-13-6-1-7-14-23/h2-5,8-11H,1,6-7,12-15H2,(H,22,24). The summed E-state index contributed by atoms with van der Waals surface area (Å²) in [4.78, 5) is 14.5. The van der Waals surface area contributed by atoms with Crippen LogP contribution in [0.4, 0.5) is 15.8 Å². The van der Waals surface area contributed by atoms with Gasteiger partial charge in [0, 0.05) is 13.1 Å². The van der Waals surface area contributed by atoms with Crippen molar-refractivity contribution < 1.29 is 13.9 Å². The Balaban J connectivity index is 1.55. The van der Waals surface area contributed by atoms with Gasteiger partial charge in [-0.05, 0) is 43.5 Å². The number of carbonyl (C=O) groups is 1. The first-order valence-corrected chi connectivity index (χ1v) is 8.75. The highest BCUT2D eigenvalue weighted by Gasteiger charge is 2.15. The molecule has 1 aliphatic heterocycles. The molecule has 1 fully saturated rings. The van der Waals surface area contributed by atoms with Gasteiger partial charge in [0.25, 0.3) is 0 Å². The zero-order valence-electron chi connectivity index (χ0n) is 14.2. The number of para-hydroxylation sites is 3. The van der Waals surface area contributed by atoms with Gasteiger partial charge in [0.05, 0.1) is 24.4 Å². The van der Waals surface area contributed by atoms with E-state index in [-0.39, 0.29) is 24.7 Å². The first kappa shape index (κ1) is 17.3. The van der Waals surface area contributed by atoms with Crippen LogP contribution >= 0.6 is 0 Å². The number of carbonyl (C=O) groups excluding carboxylic acids is 1. The van der Waals surface area contributed by atoms with Crippen LogP contribution < -0.4 is 15.0 Å². The Morgan fingerprint density at radius 3 is 2.56 bits per heavy atom.